The summed E-state index contributed by atoms with van der Waals surface area (Å²) < 4.78 is 13.3. The SMILES string of the molecule is COc1cccc(OC(C)c2nnc(SCC(=O)Nc3ccc(C)c([N+](=O)[O-])c3)n2CC(C)C)c1. The molecule has 3 rings (SSSR count). The number of thioether (sulfide) groups is 1. The quantitative estimate of drug-likeness (QED) is 0.221. The molecule has 0 spiro atoms. The van der Waals surface area contributed by atoms with Crippen LogP contribution in [-0.4, -0.2) is 38.5 Å². The Labute approximate surface area is 208 Å². The van der Waals surface area contributed by atoms with Crippen molar-refractivity contribution in [3.05, 3.63) is 64.0 Å². The molecule has 1 aromatic heterocycles. The Hall–Kier alpha value is -3.60. The summed E-state index contributed by atoms with van der Waals surface area (Å²) in [7, 11) is 1.60. The highest BCUT2D eigenvalue weighted by atomic mass is 32.2. The van der Waals surface area contributed by atoms with Gasteiger partial charge in [0.15, 0.2) is 17.1 Å². The van der Waals surface area contributed by atoms with Gasteiger partial charge in [0.05, 0.1) is 17.8 Å². The normalized spacial score (nSPS) is 11.8. The number of amides is 1. The molecule has 10 nitrogen and oxygen atoms in total. The molecule has 0 aliphatic rings. The molecule has 0 aliphatic carbocycles. The molecule has 2 aromatic carbocycles. The third-order valence-corrected chi connectivity index (χ3v) is 6.00. The molecule has 1 unspecified atom stereocenters. The summed E-state index contributed by atoms with van der Waals surface area (Å²) in [6.07, 6.45) is -0.385. The van der Waals surface area contributed by atoms with Gasteiger partial charge < -0.3 is 19.4 Å². The van der Waals surface area contributed by atoms with E-state index in [2.05, 4.69) is 29.4 Å². The van der Waals surface area contributed by atoms with E-state index in [4.69, 9.17) is 9.47 Å². The number of hydrogen-bond donors (Lipinski definition) is 1. The van der Waals surface area contributed by atoms with Crippen LogP contribution in [-0.2, 0) is 11.3 Å². The van der Waals surface area contributed by atoms with E-state index >= 15 is 0 Å². The maximum atomic E-state index is 12.5. The van der Waals surface area contributed by atoms with Crippen LogP contribution >= 0.6 is 11.8 Å². The van der Waals surface area contributed by atoms with Gasteiger partial charge in [0.1, 0.15) is 11.5 Å². The average molecular weight is 500 g/mol. The van der Waals surface area contributed by atoms with Gasteiger partial charge >= 0.3 is 0 Å². The fourth-order valence-corrected chi connectivity index (χ4v) is 4.14. The smallest absolute Gasteiger partial charge is 0.274 e. The molecule has 1 N–H and O–H groups in total. The zero-order valence-corrected chi connectivity index (χ0v) is 21.2. The monoisotopic (exact) mass is 499 g/mol. The number of benzene rings is 2. The van der Waals surface area contributed by atoms with E-state index in [9.17, 15) is 14.9 Å². The Morgan fingerprint density at radius 1 is 1.17 bits per heavy atom. The van der Waals surface area contributed by atoms with Crippen LogP contribution in [0.4, 0.5) is 11.4 Å². The van der Waals surface area contributed by atoms with Gasteiger partial charge in [0, 0.05) is 29.9 Å². The lowest BCUT2D eigenvalue weighted by Gasteiger charge is -2.18. The second-order valence-electron chi connectivity index (χ2n) is 8.38. The van der Waals surface area contributed by atoms with Crippen molar-refractivity contribution in [1.82, 2.24) is 14.8 Å². The van der Waals surface area contributed by atoms with Gasteiger partial charge in [-0.15, -0.1) is 10.2 Å². The number of rotatable bonds is 11. The van der Waals surface area contributed by atoms with Crippen LogP contribution in [0.2, 0.25) is 0 Å². The van der Waals surface area contributed by atoms with Crippen molar-refractivity contribution in [3.8, 4) is 11.5 Å². The molecule has 0 aliphatic heterocycles. The van der Waals surface area contributed by atoms with Crippen LogP contribution < -0.4 is 14.8 Å². The summed E-state index contributed by atoms with van der Waals surface area (Å²) in [5.41, 5.74) is 0.862. The van der Waals surface area contributed by atoms with Gasteiger partial charge in [-0.2, -0.15) is 0 Å². The number of anilines is 1. The van der Waals surface area contributed by atoms with Crippen molar-refractivity contribution in [3.63, 3.8) is 0 Å². The molecule has 1 heterocycles. The third kappa shape index (κ3) is 6.95. The first-order chi connectivity index (χ1) is 16.7. The standard InChI is InChI=1S/C24H29N5O5S/c1-15(2)13-28-23(17(4)34-20-8-6-7-19(12-20)33-5)26-27-24(28)35-14-22(30)25-18-10-9-16(3)21(11-18)29(31)32/h6-12,15,17H,13-14H2,1-5H3,(H,25,30). The van der Waals surface area contributed by atoms with Crippen molar-refractivity contribution in [2.24, 2.45) is 5.92 Å². The summed E-state index contributed by atoms with van der Waals surface area (Å²) in [5, 5.41) is 23.1. The minimum absolute atomic E-state index is 0.0400. The lowest BCUT2D eigenvalue weighted by atomic mass is 10.2. The van der Waals surface area contributed by atoms with E-state index in [-0.39, 0.29) is 23.5 Å². The van der Waals surface area contributed by atoms with E-state index < -0.39 is 4.92 Å². The molecule has 0 saturated heterocycles. The maximum absolute atomic E-state index is 12.5. The molecule has 1 amide bonds. The number of carbonyl (C=O) groups excluding carboxylic acids is 1. The molecular weight excluding hydrogens is 470 g/mol. The number of ether oxygens (including phenoxy) is 2. The van der Waals surface area contributed by atoms with Crippen molar-refractivity contribution in [2.75, 3.05) is 18.2 Å². The molecule has 186 valence electrons. The Balaban J connectivity index is 1.71. The number of nitrogens with one attached hydrogen (secondary N) is 1. The number of aromatic nitrogens is 3. The van der Waals surface area contributed by atoms with E-state index in [0.29, 0.717) is 46.2 Å². The Bertz CT molecular complexity index is 1200. The minimum atomic E-state index is -0.468. The van der Waals surface area contributed by atoms with Gasteiger partial charge in [0.2, 0.25) is 5.91 Å². The highest BCUT2D eigenvalue weighted by molar-refractivity contribution is 7.99. The van der Waals surface area contributed by atoms with Crippen LogP contribution in [0.5, 0.6) is 11.5 Å². The predicted molar refractivity (Wildman–Crippen MR) is 134 cm³/mol. The number of carbonyl (C=O) groups is 1. The fraction of sp³-hybridized carbons (Fsp3) is 0.375. The van der Waals surface area contributed by atoms with Gasteiger partial charge in [-0.25, -0.2) is 0 Å². The molecule has 0 fully saturated rings. The van der Waals surface area contributed by atoms with E-state index in [1.807, 2.05) is 29.7 Å². The van der Waals surface area contributed by atoms with E-state index in [1.54, 1.807) is 32.2 Å². The molecule has 11 heteroatoms. The van der Waals surface area contributed by atoms with Gasteiger partial charge in [-0.3, -0.25) is 14.9 Å². The van der Waals surface area contributed by atoms with Crippen LogP contribution in [0.3, 0.4) is 0 Å². The molecule has 0 saturated carbocycles. The summed E-state index contributed by atoms with van der Waals surface area (Å²) >= 11 is 1.25. The fourth-order valence-electron chi connectivity index (χ4n) is 3.39. The van der Waals surface area contributed by atoms with Crippen molar-refractivity contribution in [2.45, 2.75) is 45.5 Å². The van der Waals surface area contributed by atoms with Crippen LogP contribution in [0.15, 0.2) is 47.6 Å². The second kappa shape index (κ2) is 11.7. The molecule has 35 heavy (non-hydrogen) atoms. The summed E-state index contributed by atoms with van der Waals surface area (Å²) in [6.45, 7) is 8.37. The lowest BCUT2D eigenvalue weighted by molar-refractivity contribution is -0.385. The number of nitro benzene ring substituents is 1. The van der Waals surface area contributed by atoms with E-state index in [1.165, 1.54) is 17.8 Å². The lowest BCUT2D eigenvalue weighted by Crippen LogP contribution is -2.17. The number of aryl methyl sites for hydroxylation is 1. The maximum Gasteiger partial charge on any atom is 0.274 e. The van der Waals surface area contributed by atoms with Gasteiger partial charge in [-0.05, 0) is 38.0 Å². The summed E-state index contributed by atoms with van der Waals surface area (Å²) in [6, 6.07) is 11.9. The number of nitro groups is 1. The second-order valence-corrected chi connectivity index (χ2v) is 9.32. The Morgan fingerprint density at radius 3 is 2.60 bits per heavy atom. The first-order valence-electron chi connectivity index (χ1n) is 11.1. The first-order valence-corrected chi connectivity index (χ1v) is 12.1. The minimum Gasteiger partial charge on any atom is -0.497 e. The Kier molecular flexibility index (Phi) is 8.69. The number of nitrogens with zero attached hydrogens (tertiary/aromatic N) is 4. The first kappa shape index (κ1) is 26.0. The zero-order chi connectivity index (χ0) is 25.5. The highest BCUT2D eigenvalue weighted by Crippen LogP contribution is 2.28. The van der Waals surface area contributed by atoms with Crippen LogP contribution in [0.25, 0.3) is 0 Å². The van der Waals surface area contributed by atoms with E-state index in [0.717, 1.165) is 0 Å². The topological polar surface area (TPSA) is 121 Å². The van der Waals surface area contributed by atoms with Gasteiger partial charge in [-0.1, -0.05) is 37.7 Å². The van der Waals surface area contributed by atoms with Crippen molar-refractivity contribution >= 4 is 29.0 Å². The number of hydrogen-bond acceptors (Lipinski definition) is 8. The number of methoxy groups -OCH3 is 1. The van der Waals surface area contributed by atoms with Crippen LogP contribution in [0, 0.1) is 23.0 Å². The Morgan fingerprint density at radius 2 is 1.91 bits per heavy atom. The molecule has 1 atom stereocenters. The van der Waals surface area contributed by atoms with Crippen molar-refractivity contribution in [1.29, 1.82) is 0 Å². The van der Waals surface area contributed by atoms with Gasteiger partial charge in [0.25, 0.3) is 5.69 Å². The highest BCUT2D eigenvalue weighted by Gasteiger charge is 2.21. The average Bonchev–Trinajstić information content (AvgIpc) is 3.20. The predicted octanol–water partition coefficient (Wildman–Crippen LogP) is 5.03. The largest absolute Gasteiger partial charge is 0.497 e. The molecule has 3 aromatic rings. The summed E-state index contributed by atoms with van der Waals surface area (Å²) in [5.74, 6) is 2.09. The van der Waals surface area contributed by atoms with Crippen LogP contribution in [0.1, 0.15) is 38.3 Å². The third-order valence-electron chi connectivity index (χ3n) is 5.03. The van der Waals surface area contributed by atoms with Crippen molar-refractivity contribution < 1.29 is 19.2 Å². The molecule has 0 bridgehead atoms. The summed E-state index contributed by atoms with van der Waals surface area (Å²) in [4.78, 5) is 23.2. The molecular formula is C24H29N5O5S. The zero-order valence-electron chi connectivity index (χ0n) is 20.3. The molecule has 0 radical (unpaired) electrons.